The maximum Gasteiger partial charge on any atom is 0.349 e. The Morgan fingerprint density at radius 2 is 1.79 bits per heavy atom. The number of benzene rings is 1. The molecule has 2 fully saturated rings. The van der Waals surface area contributed by atoms with Crippen LogP contribution >= 0.6 is 0 Å². The molecule has 1 aliphatic carbocycles. The Bertz CT molecular complexity index is 778. The van der Waals surface area contributed by atoms with Crippen LogP contribution < -0.4 is 9.64 Å². The van der Waals surface area contributed by atoms with Gasteiger partial charge in [-0.25, -0.2) is 9.78 Å². The van der Waals surface area contributed by atoms with Crippen LogP contribution in [-0.2, 0) is 4.79 Å². The molecule has 0 amide bonds. The van der Waals surface area contributed by atoms with Crippen LogP contribution in [0.1, 0.15) is 25.7 Å². The van der Waals surface area contributed by atoms with Crippen LogP contribution in [0.3, 0.4) is 0 Å². The van der Waals surface area contributed by atoms with Crippen molar-refractivity contribution in [1.82, 2.24) is 9.88 Å². The van der Waals surface area contributed by atoms with Crippen molar-refractivity contribution in [3.05, 3.63) is 54.7 Å². The van der Waals surface area contributed by atoms with E-state index in [1.165, 1.54) is 0 Å². The lowest BCUT2D eigenvalue weighted by atomic mass is 9.78. The number of rotatable bonds is 5. The molecular weight excluding hydrogens is 354 g/mol. The molecule has 6 heteroatoms. The highest BCUT2D eigenvalue weighted by Crippen LogP contribution is 2.37. The molecule has 1 N–H and O–H groups in total. The minimum absolute atomic E-state index is 0.121. The fourth-order valence-electron chi connectivity index (χ4n) is 4.52. The molecule has 4 rings (SSSR count). The second kappa shape index (κ2) is 8.19. The van der Waals surface area contributed by atoms with E-state index in [4.69, 9.17) is 4.74 Å². The molecule has 2 heterocycles. The fourth-order valence-corrected chi connectivity index (χ4v) is 4.52. The van der Waals surface area contributed by atoms with Crippen molar-refractivity contribution in [3.63, 3.8) is 0 Å². The number of anilines is 1. The minimum atomic E-state index is -1.19. The number of nitrogens with zero attached hydrogens (tertiary/aromatic N) is 3. The zero-order chi connectivity index (χ0) is 19.4. The van der Waals surface area contributed by atoms with E-state index in [-0.39, 0.29) is 6.04 Å². The number of para-hydroxylation sites is 1. The average molecular weight is 381 g/mol. The van der Waals surface area contributed by atoms with E-state index in [0.717, 1.165) is 51.3 Å². The molecule has 1 saturated heterocycles. The molecule has 0 spiro atoms. The fraction of sp³-hybridized carbons (Fsp3) is 0.455. The zero-order valence-electron chi connectivity index (χ0n) is 16.0. The monoisotopic (exact) mass is 381 g/mol. The smallest absolute Gasteiger partial charge is 0.349 e. The maximum absolute atomic E-state index is 12.4. The van der Waals surface area contributed by atoms with Gasteiger partial charge in [0, 0.05) is 32.4 Å². The summed E-state index contributed by atoms with van der Waals surface area (Å²) in [7, 11) is 0. The number of carboxylic acid groups (broad SMARTS) is 1. The molecule has 1 aromatic carbocycles. The standard InChI is InChI=1S/C22H27N3O3/c26-21(27)22(28-18-8-2-1-3-9-18)12-6-4-10-19(22)24-14-16-25(17-15-24)20-11-5-7-13-23-20/h1-3,5,7-9,11,13,19H,4,6,10,12,14-17H2,(H,26,27). The lowest BCUT2D eigenvalue weighted by Crippen LogP contribution is -2.65. The predicted molar refractivity (Wildman–Crippen MR) is 108 cm³/mol. The quantitative estimate of drug-likeness (QED) is 0.859. The molecule has 0 radical (unpaired) electrons. The Labute approximate surface area is 165 Å². The highest BCUT2D eigenvalue weighted by atomic mass is 16.5. The van der Waals surface area contributed by atoms with Gasteiger partial charge >= 0.3 is 5.97 Å². The molecule has 28 heavy (non-hydrogen) atoms. The number of carboxylic acids is 1. The molecule has 1 saturated carbocycles. The van der Waals surface area contributed by atoms with E-state index in [1.807, 2.05) is 54.7 Å². The summed E-state index contributed by atoms with van der Waals surface area (Å²) >= 11 is 0. The number of pyridine rings is 1. The molecule has 2 atom stereocenters. The first-order valence-electron chi connectivity index (χ1n) is 10.1. The van der Waals surface area contributed by atoms with E-state index in [9.17, 15) is 9.90 Å². The van der Waals surface area contributed by atoms with E-state index in [2.05, 4.69) is 14.8 Å². The van der Waals surface area contributed by atoms with Gasteiger partial charge in [0.2, 0.25) is 5.60 Å². The topological polar surface area (TPSA) is 65.9 Å². The summed E-state index contributed by atoms with van der Waals surface area (Å²) < 4.78 is 6.21. The number of piperazine rings is 1. The minimum Gasteiger partial charge on any atom is -0.478 e. The first kappa shape index (κ1) is 18.7. The van der Waals surface area contributed by atoms with Gasteiger partial charge in [-0.05, 0) is 43.5 Å². The van der Waals surface area contributed by atoms with Crippen LogP contribution in [0.5, 0.6) is 5.75 Å². The first-order valence-corrected chi connectivity index (χ1v) is 10.1. The summed E-state index contributed by atoms with van der Waals surface area (Å²) in [6.45, 7) is 3.31. The van der Waals surface area contributed by atoms with Crippen LogP contribution in [-0.4, -0.2) is 58.8 Å². The Kier molecular flexibility index (Phi) is 5.48. The van der Waals surface area contributed by atoms with Crippen LogP contribution in [0.4, 0.5) is 5.82 Å². The van der Waals surface area contributed by atoms with Crippen molar-refractivity contribution in [3.8, 4) is 5.75 Å². The number of aliphatic carboxylic acids is 1. The summed E-state index contributed by atoms with van der Waals surface area (Å²) in [6, 6.07) is 15.2. The van der Waals surface area contributed by atoms with Gasteiger partial charge in [0.15, 0.2) is 0 Å². The summed E-state index contributed by atoms with van der Waals surface area (Å²) in [5.74, 6) is 0.757. The predicted octanol–water partition coefficient (Wildman–Crippen LogP) is 3.05. The van der Waals surface area contributed by atoms with Crippen molar-refractivity contribution < 1.29 is 14.6 Å². The zero-order valence-corrected chi connectivity index (χ0v) is 16.0. The van der Waals surface area contributed by atoms with Crippen LogP contribution in [0.25, 0.3) is 0 Å². The summed E-state index contributed by atoms with van der Waals surface area (Å²) in [5.41, 5.74) is -1.19. The molecule has 0 bridgehead atoms. The van der Waals surface area contributed by atoms with Crippen molar-refractivity contribution in [1.29, 1.82) is 0 Å². The van der Waals surface area contributed by atoms with Gasteiger partial charge in [-0.15, -0.1) is 0 Å². The SMILES string of the molecule is O=C(O)C1(Oc2ccccc2)CCCCC1N1CCN(c2ccccn2)CC1. The van der Waals surface area contributed by atoms with E-state index >= 15 is 0 Å². The first-order chi connectivity index (χ1) is 13.7. The number of carbonyl (C=O) groups is 1. The number of hydrogen-bond acceptors (Lipinski definition) is 5. The third-order valence-electron chi connectivity index (χ3n) is 5.95. The lowest BCUT2D eigenvalue weighted by Gasteiger charge is -2.48. The summed E-state index contributed by atoms with van der Waals surface area (Å²) in [5, 5.41) is 10.2. The summed E-state index contributed by atoms with van der Waals surface area (Å²) in [6.07, 6.45) is 5.12. The molecular formula is C22H27N3O3. The van der Waals surface area contributed by atoms with Gasteiger partial charge in [0.05, 0.1) is 6.04 Å². The second-order valence-corrected chi connectivity index (χ2v) is 7.58. The Morgan fingerprint density at radius 3 is 2.46 bits per heavy atom. The van der Waals surface area contributed by atoms with Crippen molar-refractivity contribution in [2.75, 3.05) is 31.1 Å². The third-order valence-corrected chi connectivity index (χ3v) is 5.95. The van der Waals surface area contributed by atoms with Gasteiger partial charge in [0.25, 0.3) is 0 Å². The van der Waals surface area contributed by atoms with Crippen molar-refractivity contribution >= 4 is 11.8 Å². The van der Waals surface area contributed by atoms with Gasteiger partial charge in [-0.1, -0.05) is 30.7 Å². The van der Waals surface area contributed by atoms with Crippen molar-refractivity contribution in [2.24, 2.45) is 0 Å². The normalized spacial score (nSPS) is 26.0. The maximum atomic E-state index is 12.4. The van der Waals surface area contributed by atoms with Gasteiger partial charge < -0.3 is 14.7 Å². The lowest BCUT2D eigenvalue weighted by molar-refractivity contribution is -0.167. The number of ether oxygens (including phenoxy) is 1. The van der Waals surface area contributed by atoms with E-state index in [0.29, 0.717) is 12.2 Å². The van der Waals surface area contributed by atoms with E-state index < -0.39 is 11.6 Å². The van der Waals surface area contributed by atoms with Gasteiger partial charge in [-0.2, -0.15) is 0 Å². The Balaban J connectivity index is 1.52. The number of aromatic nitrogens is 1. The molecule has 6 nitrogen and oxygen atoms in total. The highest BCUT2D eigenvalue weighted by Gasteiger charge is 2.52. The average Bonchev–Trinajstić information content (AvgIpc) is 2.75. The van der Waals surface area contributed by atoms with Crippen LogP contribution in [0.2, 0.25) is 0 Å². The molecule has 1 aliphatic heterocycles. The van der Waals surface area contributed by atoms with Crippen LogP contribution in [0.15, 0.2) is 54.7 Å². The Hall–Kier alpha value is -2.60. The van der Waals surface area contributed by atoms with Gasteiger partial charge in [-0.3, -0.25) is 4.90 Å². The molecule has 1 aromatic heterocycles. The van der Waals surface area contributed by atoms with Crippen molar-refractivity contribution in [2.45, 2.75) is 37.3 Å². The third kappa shape index (κ3) is 3.69. The van der Waals surface area contributed by atoms with Gasteiger partial charge in [0.1, 0.15) is 11.6 Å². The summed E-state index contributed by atoms with van der Waals surface area (Å²) in [4.78, 5) is 21.5. The molecule has 2 unspecified atom stereocenters. The second-order valence-electron chi connectivity index (χ2n) is 7.58. The Morgan fingerprint density at radius 1 is 1.04 bits per heavy atom. The number of hydrogen-bond donors (Lipinski definition) is 1. The largest absolute Gasteiger partial charge is 0.478 e. The highest BCUT2D eigenvalue weighted by molar-refractivity contribution is 5.79. The molecule has 148 valence electrons. The molecule has 2 aliphatic rings. The van der Waals surface area contributed by atoms with Crippen LogP contribution in [0, 0.1) is 0 Å². The molecule has 2 aromatic rings. The van der Waals surface area contributed by atoms with E-state index in [1.54, 1.807) is 0 Å².